The molecule has 0 aliphatic carbocycles. The Kier molecular flexibility index (Phi) is 7.02. The highest BCUT2D eigenvalue weighted by molar-refractivity contribution is 7.98. The van der Waals surface area contributed by atoms with Gasteiger partial charge in [0.05, 0.1) is 4.90 Å². The second-order valence-electron chi connectivity index (χ2n) is 5.88. The van der Waals surface area contributed by atoms with Gasteiger partial charge in [-0.15, -0.1) is 11.8 Å². The maximum absolute atomic E-state index is 12.3. The SMILES string of the molecule is CSc1cn([C@@H]2O[C@H](COC(C)=O)[C@@H](OC(C)=O)[C@@H]2OC(C)=O)c(=O)[nH]c1=O. The molecule has 0 amide bonds. The Bertz CT molecular complexity index is 878. The van der Waals surface area contributed by atoms with Crippen LogP contribution in [0.5, 0.6) is 0 Å². The molecule has 0 bridgehead atoms. The summed E-state index contributed by atoms with van der Waals surface area (Å²) in [7, 11) is 0. The van der Waals surface area contributed by atoms with E-state index in [2.05, 4.69) is 4.98 Å². The van der Waals surface area contributed by atoms with Crippen LogP contribution in [0.4, 0.5) is 0 Å². The molecule has 1 fully saturated rings. The first-order valence-corrected chi connectivity index (χ1v) is 9.39. The van der Waals surface area contributed by atoms with Gasteiger partial charge in [-0.1, -0.05) is 0 Å². The van der Waals surface area contributed by atoms with E-state index in [0.29, 0.717) is 0 Å². The summed E-state index contributed by atoms with van der Waals surface area (Å²) in [4.78, 5) is 60.7. The molecular formula is C16H20N2O9S. The van der Waals surface area contributed by atoms with E-state index in [1.807, 2.05) is 0 Å². The minimum Gasteiger partial charge on any atom is -0.463 e. The summed E-state index contributed by atoms with van der Waals surface area (Å²) in [6.07, 6.45) is -1.67. The van der Waals surface area contributed by atoms with Crippen molar-refractivity contribution in [2.75, 3.05) is 12.9 Å². The quantitative estimate of drug-likeness (QED) is 0.369. The molecular weight excluding hydrogens is 396 g/mol. The summed E-state index contributed by atoms with van der Waals surface area (Å²) in [5.74, 6) is -1.98. The second-order valence-corrected chi connectivity index (χ2v) is 6.73. The fraction of sp³-hybridized carbons (Fsp3) is 0.562. The Morgan fingerprint density at radius 1 is 1.11 bits per heavy atom. The summed E-state index contributed by atoms with van der Waals surface area (Å²) in [6, 6.07) is 0. The molecule has 1 aliphatic heterocycles. The zero-order valence-corrected chi connectivity index (χ0v) is 16.4. The topological polar surface area (TPSA) is 143 Å². The summed E-state index contributed by atoms with van der Waals surface area (Å²) in [5, 5.41) is 0. The van der Waals surface area contributed by atoms with Crippen molar-refractivity contribution in [3.8, 4) is 0 Å². The normalized spacial score (nSPS) is 23.9. The number of thioether (sulfide) groups is 1. The van der Waals surface area contributed by atoms with Crippen molar-refractivity contribution in [1.82, 2.24) is 9.55 Å². The zero-order valence-electron chi connectivity index (χ0n) is 15.6. The molecule has 2 heterocycles. The highest BCUT2D eigenvalue weighted by atomic mass is 32.2. The smallest absolute Gasteiger partial charge is 0.330 e. The third-order valence-electron chi connectivity index (χ3n) is 3.77. The molecule has 1 aliphatic rings. The number of H-pyrrole nitrogens is 1. The van der Waals surface area contributed by atoms with Crippen molar-refractivity contribution in [2.24, 2.45) is 0 Å². The van der Waals surface area contributed by atoms with Crippen LogP contribution in [0.25, 0.3) is 0 Å². The van der Waals surface area contributed by atoms with E-state index in [1.54, 1.807) is 6.26 Å². The third kappa shape index (κ3) is 5.01. The molecule has 1 saturated heterocycles. The Hall–Kier alpha value is -2.60. The lowest BCUT2D eigenvalue weighted by Gasteiger charge is -2.24. The average molecular weight is 416 g/mol. The Morgan fingerprint density at radius 3 is 2.25 bits per heavy atom. The van der Waals surface area contributed by atoms with E-state index in [-0.39, 0.29) is 11.5 Å². The number of nitrogens with zero attached hydrogens (tertiary/aromatic N) is 1. The second kappa shape index (κ2) is 9.06. The molecule has 154 valence electrons. The monoisotopic (exact) mass is 416 g/mol. The van der Waals surface area contributed by atoms with Crippen LogP contribution < -0.4 is 11.2 Å². The first-order valence-electron chi connectivity index (χ1n) is 8.16. The molecule has 1 aromatic rings. The van der Waals surface area contributed by atoms with Gasteiger partial charge in [0, 0.05) is 27.0 Å². The van der Waals surface area contributed by atoms with Crippen LogP contribution in [0.3, 0.4) is 0 Å². The molecule has 28 heavy (non-hydrogen) atoms. The van der Waals surface area contributed by atoms with Crippen molar-refractivity contribution in [3.63, 3.8) is 0 Å². The average Bonchev–Trinajstić information content (AvgIpc) is 2.89. The molecule has 4 atom stereocenters. The lowest BCUT2D eigenvalue weighted by atomic mass is 10.1. The minimum atomic E-state index is -1.22. The van der Waals surface area contributed by atoms with E-state index < -0.39 is 53.7 Å². The van der Waals surface area contributed by atoms with Crippen LogP contribution in [-0.2, 0) is 33.3 Å². The number of aromatic amines is 1. The van der Waals surface area contributed by atoms with Crippen molar-refractivity contribution < 1.29 is 33.3 Å². The fourth-order valence-corrected chi connectivity index (χ4v) is 3.17. The van der Waals surface area contributed by atoms with Gasteiger partial charge in [-0.05, 0) is 6.26 Å². The zero-order chi connectivity index (χ0) is 21.0. The van der Waals surface area contributed by atoms with Gasteiger partial charge in [0.1, 0.15) is 12.7 Å². The number of carbonyl (C=O) groups is 3. The lowest BCUT2D eigenvalue weighted by molar-refractivity contribution is -0.166. The fourth-order valence-electron chi connectivity index (χ4n) is 2.72. The van der Waals surface area contributed by atoms with Gasteiger partial charge in [-0.3, -0.25) is 28.7 Å². The van der Waals surface area contributed by atoms with E-state index in [0.717, 1.165) is 30.2 Å². The predicted molar refractivity (Wildman–Crippen MR) is 94.8 cm³/mol. The van der Waals surface area contributed by atoms with Crippen molar-refractivity contribution in [1.29, 1.82) is 0 Å². The first kappa shape index (κ1) is 21.7. The van der Waals surface area contributed by atoms with E-state index in [9.17, 15) is 24.0 Å². The predicted octanol–water partition coefficient (Wildman–Crippen LogP) is -0.418. The number of nitrogens with one attached hydrogen (secondary N) is 1. The minimum absolute atomic E-state index is 0.220. The molecule has 0 aromatic carbocycles. The largest absolute Gasteiger partial charge is 0.463 e. The molecule has 1 aromatic heterocycles. The Morgan fingerprint density at radius 2 is 1.71 bits per heavy atom. The number of esters is 3. The summed E-state index contributed by atoms with van der Waals surface area (Å²) in [6.45, 7) is 3.19. The highest BCUT2D eigenvalue weighted by Gasteiger charge is 2.51. The van der Waals surface area contributed by atoms with E-state index in [4.69, 9.17) is 18.9 Å². The molecule has 0 radical (unpaired) electrons. The Balaban J connectivity index is 2.49. The van der Waals surface area contributed by atoms with E-state index in [1.165, 1.54) is 13.1 Å². The van der Waals surface area contributed by atoms with Crippen LogP contribution in [0.1, 0.15) is 27.0 Å². The van der Waals surface area contributed by atoms with Gasteiger partial charge < -0.3 is 18.9 Å². The highest BCUT2D eigenvalue weighted by Crippen LogP contribution is 2.33. The number of rotatable bonds is 6. The maximum Gasteiger partial charge on any atom is 0.330 e. The first-order chi connectivity index (χ1) is 13.1. The maximum atomic E-state index is 12.3. The molecule has 0 unspecified atom stereocenters. The number of aromatic nitrogens is 2. The number of carbonyl (C=O) groups excluding carboxylic acids is 3. The van der Waals surface area contributed by atoms with Crippen molar-refractivity contribution >= 4 is 29.7 Å². The molecule has 11 nitrogen and oxygen atoms in total. The van der Waals surface area contributed by atoms with Crippen LogP contribution in [-0.4, -0.2) is 58.6 Å². The van der Waals surface area contributed by atoms with Gasteiger partial charge in [0.15, 0.2) is 18.4 Å². The standard InChI is InChI=1S/C16H20N2O9S/c1-7(19)24-6-10-12(25-8(2)20)13(26-9(3)21)15(27-10)18-5-11(28-4)14(22)17-16(18)23/h5,10,12-13,15H,6H2,1-4H3,(H,17,22,23)/t10-,12-,13+,15-/m1/s1. The lowest BCUT2D eigenvalue weighted by Crippen LogP contribution is -2.42. The summed E-state index contributed by atoms with van der Waals surface area (Å²) >= 11 is 1.10. The van der Waals surface area contributed by atoms with Crippen LogP contribution in [0, 0.1) is 0 Å². The molecule has 1 N–H and O–H groups in total. The number of ether oxygens (including phenoxy) is 4. The Labute approximate surface area is 163 Å². The molecule has 12 heteroatoms. The number of hydrogen-bond acceptors (Lipinski definition) is 10. The van der Waals surface area contributed by atoms with Crippen LogP contribution >= 0.6 is 11.8 Å². The van der Waals surface area contributed by atoms with Crippen LogP contribution in [0.15, 0.2) is 20.7 Å². The molecule has 0 spiro atoms. The summed E-state index contributed by atoms with van der Waals surface area (Å²) in [5.41, 5.74) is -1.39. The van der Waals surface area contributed by atoms with E-state index >= 15 is 0 Å². The van der Waals surface area contributed by atoms with Gasteiger partial charge in [0.2, 0.25) is 0 Å². The van der Waals surface area contributed by atoms with Crippen molar-refractivity contribution in [3.05, 3.63) is 27.0 Å². The third-order valence-corrected chi connectivity index (χ3v) is 4.50. The molecule has 2 rings (SSSR count). The number of hydrogen-bond donors (Lipinski definition) is 1. The summed E-state index contributed by atoms with van der Waals surface area (Å²) < 4.78 is 22.2. The van der Waals surface area contributed by atoms with Crippen molar-refractivity contribution in [2.45, 2.75) is 50.2 Å². The van der Waals surface area contributed by atoms with Gasteiger partial charge in [0.25, 0.3) is 5.56 Å². The van der Waals surface area contributed by atoms with Crippen LogP contribution in [0.2, 0.25) is 0 Å². The molecule has 0 saturated carbocycles. The van der Waals surface area contributed by atoms with Gasteiger partial charge in [-0.2, -0.15) is 0 Å². The van der Waals surface area contributed by atoms with Gasteiger partial charge >= 0.3 is 23.6 Å². The van der Waals surface area contributed by atoms with Gasteiger partial charge in [-0.25, -0.2) is 4.79 Å².